The zero-order valence-corrected chi connectivity index (χ0v) is 18.4. The smallest absolute Gasteiger partial charge is 0.248 e. The van der Waals surface area contributed by atoms with E-state index in [0.29, 0.717) is 24.5 Å². The Labute approximate surface area is 186 Å². The lowest BCUT2D eigenvalue weighted by atomic mass is 10.1. The van der Waals surface area contributed by atoms with E-state index in [1.165, 1.54) is 20.2 Å². The third kappa shape index (κ3) is 4.15. The zero-order valence-electron chi connectivity index (χ0n) is 17.6. The van der Waals surface area contributed by atoms with Crippen molar-refractivity contribution in [3.63, 3.8) is 0 Å². The highest BCUT2D eigenvalue weighted by molar-refractivity contribution is 7.89. The Morgan fingerprint density at radius 2 is 1.72 bits per heavy atom. The summed E-state index contributed by atoms with van der Waals surface area (Å²) in [5.41, 5.74) is 4.05. The number of nitrogens with zero attached hydrogens (tertiary/aromatic N) is 5. The van der Waals surface area contributed by atoms with Crippen LogP contribution in [0.3, 0.4) is 0 Å². The molecule has 1 aromatic heterocycles. The molecule has 2 aliphatic rings. The van der Waals surface area contributed by atoms with Gasteiger partial charge in [-0.1, -0.05) is 6.07 Å². The van der Waals surface area contributed by atoms with Crippen LogP contribution in [0.25, 0.3) is 11.4 Å². The number of sulfonamides is 1. The molecule has 1 N–H and O–H groups in total. The van der Waals surface area contributed by atoms with Crippen LogP contribution in [0.2, 0.25) is 0 Å². The molecule has 0 unspecified atom stereocenters. The number of fused-ring (bicyclic) bond motifs is 1. The molecule has 1 amide bonds. The number of hydrogen-bond acceptors (Lipinski definition) is 6. The second kappa shape index (κ2) is 8.44. The molecule has 2 heterocycles. The Morgan fingerprint density at radius 3 is 2.50 bits per heavy atom. The van der Waals surface area contributed by atoms with Gasteiger partial charge in [-0.3, -0.25) is 4.79 Å². The van der Waals surface area contributed by atoms with Crippen LogP contribution in [-0.2, 0) is 34.2 Å². The number of carbonyl (C=O) groups is 1. The fourth-order valence-corrected chi connectivity index (χ4v) is 5.77. The van der Waals surface area contributed by atoms with Crippen molar-refractivity contribution in [1.29, 1.82) is 0 Å². The highest BCUT2D eigenvalue weighted by Crippen LogP contribution is 2.25. The fraction of sp³-hybridized carbons (Fsp3) is 0.364. The Kier molecular flexibility index (Phi) is 5.48. The normalized spacial score (nSPS) is 16.2. The average molecular weight is 453 g/mol. The molecule has 166 valence electrons. The maximum absolute atomic E-state index is 12.7. The number of nitrogens with one attached hydrogen (secondary N) is 1. The van der Waals surface area contributed by atoms with Crippen molar-refractivity contribution in [2.24, 2.45) is 0 Å². The van der Waals surface area contributed by atoms with E-state index in [1.807, 2.05) is 12.1 Å². The van der Waals surface area contributed by atoms with Crippen molar-refractivity contribution in [3.05, 3.63) is 53.6 Å². The maximum atomic E-state index is 12.7. The Bertz CT molecular complexity index is 1250. The van der Waals surface area contributed by atoms with E-state index in [-0.39, 0.29) is 17.3 Å². The Balaban J connectivity index is 1.24. The molecule has 0 spiro atoms. The lowest BCUT2D eigenvalue weighted by Gasteiger charge is -2.15. The quantitative estimate of drug-likeness (QED) is 0.614. The van der Waals surface area contributed by atoms with Gasteiger partial charge in [0.2, 0.25) is 21.8 Å². The molecule has 0 bridgehead atoms. The number of tetrazole rings is 1. The van der Waals surface area contributed by atoms with Gasteiger partial charge < -0.3 is 5.32 Å². The Morgan fingerprint density at radius 1 is 0.969 bits per heavy atom. The number of rotatable bonds is 6. The summed E-state index contributed by atoms with van der Waals surface area (Å²) in [5, 5.41) is 15.1. The molecule has 10 heteroatoms. The van der Waals surface area contributed by atoms with Crippen LogP contribution < -0.4 is 5.32 Å². The number of carbonyl (C=O) groups excluding carboxylic acids is 1. The van der Waals surface area contributed by atoms with Crippen LogP contribution in [0, 0.1) is 0 Å². The van der Waals surface area contributed by atoms with Crippen LogP contribution in [0.15, 0.2) is 47.4 Å². The van der Waals surface area contributed by atoms with E-state index >= 15 is 0 Å². The topological polar surface area (TPSA) is 110 Å². The first-order valence-corrected chi connectivity index (χ1v) is 12.2. The molecular weight excluding hydrogens is 428 g/mol. The van der Waals surface area contributed by atoms with Crippen LogP contribution in [0.4, 0.5) is 5.69 Å². The van der Waals surface area contributed by atoms with E-state index in [2.05, 4.69) is 26.8 Å². The van der Waals surface area contributed by atoms with E-state index in [1.54, 1.807) is 24.3 Å². The Hall–Kier alpha value is -3.11. The van der Waals surface area contributed by atoms with Gasteiger partial charge in [0.05, 0.1) is 4.90 Å². The molecule has 0 atom stereocenters. The number of amides is 1. The van der Waals surface area contributed by atoms with Gasteiger partial charge in [-0.2, -0.15) is 9.10 Å². The molecule has 0 saturated carbocycles. The summed E-state index contributed by atoms with van der Waals surface area (Å²) < 4.78 is 26.8. The first kappa shape index (κ1) is 20.8. The van der Waals surface area contributed by atoms with Gasteiger partial charge in [0.15, 0.2) is 0 Å². The van der Waals surface area contributed by atoms with Crippen molar-refractivity contribution < 1.29 is 13.2 Å². The second-order valence-electron chi connectivity index (χ2n) is 8.16. The number of hydrogen-bond donors (Lipinski definition) is 1. The van der Waals surface area contributed by atoms with Crippen LogP contribution in [0.1, 0.15) is 30.4 Å². The van der Waals surface area contributed by atoms with Gasteiger partial charge >= 0.3 is 0 Å². The summed E-state index contributed by atoms with van der Waals surface area (Å²) in [5.74, 6) is 0.0967. The third-order valence-corrected chi connectivity index (χ3v) is 7.85. The summed E-state index contributed by atoms with van der Waals surface area (Å²) in [4.78, 5) is 13.9. The first-order valence-electron chi connectivity index (χ1n) is 10.8. The van der Waals surface area contributed by atoms with Gasteiger partial charge in [-0.05, 0) is 84.8 Å². The van der Waals surface area contributed by atoms with Crippen LogP contribution in [-0.4, -0.2) is 51.9 Å². The predicted molar refractivity (Wildman–Crippen MR) is 118 cm³/mol. The van der Waals surface area contributed by atoms with Gasteiger partial charge in [-0.25, -0.2) is 8.42 Å². The van der Waals surface area contributed by atoms with Crippen molar-refractivity contribution in [1.82, 2.24) is 24.5 Å². The lowest BCUT2D eigenvalue weighted by Crippen LogP contribution is -2.27. The molecule has 1 aliphatic heterocycles. The summed E-state index contributed by atoms with van der Waals surface area (Å²) in [7, 11) is -3.46. The molecule has 2 aromatic carbocycles. The van der Waals surface area contributed by atoms with E-state index in [0.717, 1.165) is 37.8 Å². The van der Waals surface area contributed by atoms with Gasteiger partial charge in [0.25, 0.3) is 0 Å². The third-order valence-electron chi connectivity index (χ3n) is 5.94. The van der Waals surface area contributed by atoms with E-state index in [9.17, 15) is 13.2 Å². The summed E-state index contributed by atoms with van der Waals surface area (Å²) in [6, 6.07) is 12.5. The number of anilines is 1. The second-order valence-corrected chi connectivity index (χ2v) is 10.1. The minimum absolute atomic E-state index is 0.0640. The molecule has 0 radical (unpaired) electrons. The zero-order chi connectivity index (χ0) is 22.1. The SMILES string of the molecule is O=C(Cn1nnc(-c2ccc(S(=O)(=O)N3CCCC3)cc2)n1)Nc1ccc2c(c1)CCC2. The summed E-state index contributed by atoms with van der Waals surface area (Å²) >= 11 is 0. The van der Waals surface area contributed by atoms with Crippen molar-refractivity contribution in [2.45, 2.75) is 43.5 Å². The highest BCUT2D eigenvalue weighted by Gasteiger charge is 2.27. The standard InChI is InChI=1S/C22H24N6O3S/c29-21(23-19-9-6-16-4-3-5-18(16)14-19)15-28-25-22(24-26-28)17-7-10-20(11-8-17)32(30,31)27-12-1-2-13-27/h6-11,14H,1-5,12-13,15H2,(H,23,29). The minimum Gasteiger partial charge on any atom is -0.324 e. The predicted octanol–water partition coefficient (Wildman–Crippen LogP) is 2.25. The molecule has 1 fully saturated rings. The first-order chi connectivity index (χ1) is 15.5. The van der Waals surface area contributed by atoms with Crippen LogP contribution in [0.5, 0.6) is 0 Å². The molecule has 9 nitrogen and oxygen atoms in total. The highest BCUT2D eigenvalue weighted by atomic mass is 32.2. The number of aryl methyl sites for hydroxylation is 2. The molecule has 1 saturated heterocycles. The summed E-state index contributed by atoms with van der Waals surface area (Å²) in [6.07, 6.45) is 5.09. The number of aromatic nitrogens is 4. The molecule has 32 heavy (non-hydrogen) atoms. The minimum atomic E-state index is -3.46. The molecular formula is C22H24N6O3S. The molecule has 1 aliphatic carbocycles. The van der Waals surface area contributed by atoms with Crippen molar-refractivity contribution >= 4 is 21.6 Å². The van der Waals surface area contributed by atoms with Gasteiger partial charge in [-0.15, -0.1) is 10.2 Å². The maximum Gasteiger partial charge on any atom is 0.248 e. The summed E-state index contributed by atoms with van der Waals surface area (Å²) in [6.45, 7) is 1.06. The largest absolute Gasteiger partial charge is 0.324 e. The average Bonchev–Trinajstić information content (AvgIpc) is 3.55. The van der Waals surface area contributed by atoms with Gasteiger partial charge in [0, 0.05) is 24.3 Å². The van der Waals surface area contributed by atoms with Crippen LogP contribution >= 0.6 is 0 Å². The number of benzene rings is 2. The van der Waals surface area contributed by atoms with E-state index < -0.39 is 10.0 Å². The fourth-order valence-electron chi connectivity index (χ4n) is 4.26. The van der Waals surface area contributed by atoms with Crippen molar-refractivity contribution in [2.75, 3.05) is 18.4 Å². The molecule has 5 rings (SSSR count). The monoisotopic (exact) mass is 452 g/mol. The van der Waals surface area contributed by atoms with Gasteiger partial charge in [0.1, 0.15) is 6.54 Å². The molecule has 3 aromatic rings. The lowest BCUT2D eigenvalue weighted by molar-refractivity contribution is -0.117. The van der Waals surface area contributed by atoms with E-state index in [4.69, 9.17) is 0 Å². The van der Waals surface area contributed by atoms with Crippen molar-refractivity contribution in [3.8, 4) is 11.4 Å².